The SMILES string of the molecule is Nc1cc(Cl)c(C#CCC(=O)O)cn1. The number of rotatable bonds is 1. The number of aliphatic carboxylic acids is 1. The lowest BCUT2D eigenvalue weighted by Crippen LogP contribution is -1.92. The van der Waals surface area contributed by atoms with E-state index in [9.17, 15) is 4.79 Å². The number of hydrogen-bond donors (Lipinski definition) is 2. The first-order chi connectivity index (χ1) is 6.59. The van der Waals surface area contributed by atoms with E-state index in [1.807, 2.05) is 0 Å². The van der Waals surface area contributed by atoms with Gasteiger partial charge >= 0.3 is 5.97 Å². The first-order valence-corrected chi connectivity index (χ1v) is 4.09. The van der Waals surface area contributed by atoms with Crippen LogP contribution in [0.1, 0.15) is 12.0 Å². The van der Waals surface area contributed by atoms with Crippen molar-refractivity contribution < 1.29 is 9.90 Å². The summed E-state index contributed by atoms with van der Waals surface area (Å²) in [6.45, 7) is 0. The van der Waals surface area contributed by atoms with Crippen LogP contribution in [0.2, 0.25) is 5.02 Å². The summed E-state index contributed by atoms with van der Waals surface area (Å²) in [5.41, 5.74) is 5.84. The lowest BCUT2D eigenvalue weighted by molar-refractivity contribution is -0.135. The molecule has 1 aromatic heterocycles. The molecule has 0 aliphatic rings. The minimum absolute atomic E-state index is 0.222. The predicted octanol–water partition coefficient (Wildman–Crippen LogP) is 1.14. The Kier molecular flexibility index (Phi) is 3.32. The molecule has 0 saturated heterocycles. The van der Waals surface area contributed by atoms with Crippen LogP contribution in [-0.4, -0.2) is 16.1 Å². The van der Waals surface area contributed by atoms with Gasteiger partial charge < -0.3 is 10.8 Å². The van der Waals surface area contributed by atoms with Crippen molar-refractivity contribution in [1.82, 2.24) is 4.98 Å². The number of carbonyl (C=O) groups is 1. The Morgan fingerprint density at radius 1 is 1.71 bits per heavy atom. The molecule has 0 bridgehead atoms. The van der Waals surface area contributed by atoms with Crippen LogP contribution in [0.25, 0.3) is 0 Å². The summed E-state index contributed by atoms with van der Waals surface area (Å²) in [5.74, 6) is 4.37. The van der Waals surface area contributed by atoms with Crippen molar-refractivity contribution in [3.8, 4) is 11.8 Å². The Hall–Kier alpha value is -1.73. The molecule has 3 N–H and O–H groups in total. The average Bonchev–Trinajstić information content (AvgIpc) is 2.08. The molecule has 14 heavy (non-hydrogen) atoms. The Bertz CT molecular complexity index is 421. The minimum atomic E-state index is -0.975. The third kappa shape index (κ3) is 2.96. The van der Waals surface area contributed by atoms with Gasteiger partial charge in [-0.15, -0.1) is 0 Å². The van der Waals surface area contributed by atoms with Crippen molar-refractivity contribution in [3.63, 3.8) is 0 Å². The van der Waals surface area contributed by atoms with Crippen LogP contribution in [0.3, 0.4) is 0 Å². The van der Waals surface area contributed by atoms with E-state index in [4.69, 9.17) is 22.4 Å². The zero-order valence-corrected chi connectivity index (χ0v) is 7.88. The molecule has 1 heterocycles. The summed E-state index contributed by atoms with van der Waals surface area (Å²) in [6, 6.07) is 1.46. The van der Waals surface area contributed by atoms with Gasteiger partial charge in [0.2, 0.25) is 0 Å². The summed E-state index contributed by atoms with van der Waals surface area (Å²) in [6.07, 6.45) is 1.19. The second kappa shape index (κ2) is 4.49. The molecule has 0 saturated carbocycles. The smallest absolute Gasteiger partial charge is 0.315 e. The summed E-state index contributed by atoms with van der Waals surface area (Å²) in [5, 5.41) is 8.70. The molecule has 0 spiro atoms. The number of pyridine rings is 1. The van der Waals surface area contributed by atoms with Crippen LogP contribution in [0.5, 0.6) is 0 Å². The predicted molar refractivity (Wildman–Crippen MR) is 52.8 cm³/mol. The molecule has 0 aromatic carbocycles. The van der Waals surface area contributed by atoms with Gasteiger partial charge in [0.15, 0.2) is 0 Å². The van der Waals surface area contributed by atoms with Crippen molar-refractivity contribution >= 4 is 23.4 Å². The number of anilines is 1. The Labute approximate surface area is 85.7 Å². The molecule has 1 aromatic rings. The zero-order valence-electron chi connectivity index (χ0n) is 7.12. The van der Waals surface area contributed by atoms with Crippen molar-refractivity contribution in [3.05, 3.63) is 22.8 Å². The van der Waals surface area contributed by atoms with E-state index in [-0.39, 0.29) is 6.42 Å². The number of nitrogens with zero attached hydrogens (tertiary/aromatic N) is 1. The summed E-state index contributed by atoms with van der Waals surface area (Å²) < 4.78 is 0. The first kappa shape index (κ1) is 10.4. The summed E-state index contributed by atoms with van der Waals surface area (Å²) >= 11 is 5.77. The number of carboxylic acid groups (broad SMARTS) is 1. The maximum absolute atomic E-state index is 10.2. The van der Waals surface area contributed by atoms with E-state index < -0.39 is 5.97 Å². The summed E-state index contributed by atoms with van der Waals surface area (Å²) in [7, 11) is 0. The van der Waals surface area contributed by atoms with E-state index >= 15 is 0 Å². The van der Waals surface area contributed by atoms with Crippen LogP contribution in [0, 0.1) is 11.8 Å². The van der Waals surface area contributed by atoms with Gasteiger partial charge in [-0.05, 0) is 0 Å². The lowest BCUT2D eigenvalue weighted by atomic mass is 10.2. The first-order valence-electron chi connectivity index (χ1n) is 3.71. The fourth-order valence-corrected chi connectivity index (χ4v) is 0.960. The highest BCUT2D eigenvalue weighted by Crippen LogP contribution is 2.15. The van der Waals surface area contributed by atoms with Crippen LogP contribution < -0.4 is 5.73 Å². The molecule has 0 fully saturated rings. The van der Waals surface area contributed by atoms with E-state index in [1.165, 1.54) is 12.3 Å². The Morgan fingerprint density at radius 2 is 2.43 bits per heavy atom. The Balaban J connectivity index is 2.85. The molecule has 0 radical (unpaired) electrons. The molecule has 4 nitrogen and oxygen atoms in total. The molecule has 5 heteroatoms. The van der Waals surface area contributed by atoms with Gasteiger partial charge in [0, 0.05) is 12.3 Å². The van der Waals surface area contributed by atoms with E-state index in [0.29, 0.717) is 16.4 Å². The van der Waals surface area contributed by atoms with Crippen molar-refractivity contribution in [1.29, 1.82) is 0 Å². The normalized spacial score (nSPS) is 8.93. The zero-order chi connectivity index (χ0) is 10.6. The fourth-order valence-electron chi connectivity index (χ4n) is 0.753. The molecule has 72 valence electrons. The second-order valence-corrected chi connectivity index (χ2v) is 2.87. The van der Waals surface area contributed by atoms with Gasteiger partial charge in [0.1, 0.15) is 12.2 Å². The maximum atomic E-state index is 10.2. The van der Waals surface area contributed by atoms with Crippen molar-refractivity contribution in [2.24, 2.45) is 0 Å². The monoisotopic (exact) mass is 210 g/mol. The number of halogens is 1. The molecule has 0 unspecified atom stereocenters. The molecule has 1 rings (SSSR count). The molecule has 0 aliphatic carbocycles. The highest BCUT2D eigenvalue weighted by Gasteiger charge is 1.97. The topological polar surface area (TPSA) is 76.2 Å². The third-order valence-electron chi connectivity index (χ3n) is 1.34. The van der Waals surface area contributed by atoms with Gasteiger partial charge in [0.25, 0.3) is 0 Å². The van der Waals surface area contributed by atoms with E-state index in [2.05, 4.69) is 16.8 Å². The Morgan fingerprint density at radius 3 is 3.00 bits per heavy atom. The average molecular weight is 211 g/mol. The highest BCUT2D eigenvalue weighted by molar-refractivity contribution is 6.31. The fraction of sp³-hybridized carbons (Fsp3) is 0.111. The van der Waals surface area contributed by atoms with Crippen LogP contribution in [0.15, 0.2) is 12.3 Å². The lowest BCUT2D eigenvalue weighted by Gasteiger charge is -1.95. The number of carboxylic acids is 1. The third-order valence-corrected chi connectivity index (χ3v) is 1.65. The minimum Gasteiger partial charge on any atom is -0.481 e. The van der Waals surface area contributed by atoms with Crippen LogP contribution in [-0.2, 0) is 4.79 Å². The number of aromatic nitrogens is 1. The quantitative estimate of drug-likeness (QED) is 0.682. The van der Waals surface area contributed by atoms with E-state index in [1.54, 1.807) is 0 Å². The van der Waals surface area contributed by atoms with Crippen molar-refractivity contribution in [2.75, 3.05) is 5.73 Å². The molecular formula is C9H7ClN2O2. The van der Waals surface area contributed by atoms with Crippen molar-refractivity contribution in [2.45, 2.75) is 6.42 Å². The van der Waals surface area contributed by atoms with Crippen LogP contribution >= 0.6 is 11.6 Å². The summed E-state index contributed by atoms with van der Waals surface area (Å²) in [4.78, 5) is 13.9. The highest BCUT2D eigenvalue weighted by atomic mass is 35.5. The van der Waals surface area contributed by atoms with Crippen LogP contribution in [0.4, 0.5) is 5.82 Å². The largest absolute Gasteiger partial charge is 0.481 e. The number of nitrogen functional groups attached to an aromatic ring is 1. The molecule has 0 aliphatic heterocycles. The van der Waals surface area contributed by atoms with E-state index in [0.717, 1.165) is 0 Å². The van der Waals surface area contributed by atoms with Gasteiger partial charge in [-0.3, -0.25) is 4.79 Å². The van der Waals surface area contributed by atoms with Gasteiger partial charge in [-0.25, -0.2) is 4.98 Å². The van der Waals surface area contributed by atoms with Gasteiger partial charge in [-0.2, -0.15) is 0 Å². The standard InChI is InChI=1S/C9H7ClN2O2/c10-7-4-8(11)12-5-6(7)2-1-3-9(13)14/h4-5H,3H2,(H2,11,12)(H,13,14). The van der Waals surface area contributed by atoms with Gasteiger partial charge in [0.05, 0.1) is 10.6 Å². The second-order valence-electron chi connectivity index (χ2n) is 2.46. The molecular weight excluding hydrogens is 204 g/mol. The maximum Gasteiger partial charge on any atom is 0.315 e. The van der Waals surface area contributed by atoms with Gasteiger partial charge in [-0.1, -0.05) is 23.4 Å². The number of nitrogens with two attached hydrogens (primary N) is 1. The molecule has 0 amide bonds. The molecule has 0 atom stereocenters. The number of hydrogen-bond acceptors (Lipinski definition) is 3.